The first-order valence-corrected chi connectivity index (χ1v) is 4.21. The third kappa shape index (κ3) is 2.16. The van der Waals surface area contributed by atoms with Crippen molar-refractivity contribution in [2.24, 2.45) is 5.73 Å². The molecule has 1 aliphatic rings. The van der Waals surface area contributed by atoms with Crippen molar-refractivity contribution in [3.05, 3.63) is 0 Å². The molecule has 98 valence electrons. The van der Waals surface area contributed by atoms with Crippen LogP contribution in [0, 0.1) is 0 Å². The van der Waals surface area contributed by atoms with E-state index in [1.54, 1.807) is 0 Å². The van der Waals surface area contributed by atoms with Crippen LogP contribution in [0.5, 0.6) is 0 Å². The van der Waals surface area contributed by atoms with Gasteiger partial charge in [-0.1, -0.05) is 0 Å². The number of hydrogen-bond donors (Lipinski definition) is 2. The maximum absolute atomic E-state index is 13.2. The van der Waals surface area contributed by atoms with E-state index in [0.29, 0.717) is 0 Å². The van der Waals surface area contributed by atoms with Crippen molar-refractivity contribution in [1.29, 1.82) is 0 Å². The molecule has 1 fully saturated rings. The van der Waals surface area contributed by atoms with Gasteiger partial charge < -0.3 is 15.8 Å². The number of nitrogens with two attached hydrogens (primary N) is 1. The zero-order valence-electron chi connectivity index (χ0n) is 8.11. The quantitative estimate of drug-likeness (QED) is 0.533. The molecule has 1 rings (SSSR count). The molecule has 0 aromatic carbocycles. The molecule has 0 unspecified atom stereocenters. The molecule has 0 aliphatic carbocycles. The molecule has 0 aromatic rings. The zero-order valence-corrected chi connectivity index (χ0v) is 8.11. The average Bonchev–Trinajstić information content (AvgIpc) is 2.08. The molecule has 10 heteroatoms. The smallest absolute Gasteiger partial charge is 0.443 e. The minimum Gasteiger partial charge on any atom is -0.443 e. The Balaban J connectivity index is 2.92. The highest BCUT2D eigenvalue weighted by Gasteiger charge is 2.66. The van der Waals surface area contributed by atoms with Gasteiger partial charge in [0.2, 0.25) is 5.60 Å². The minimum absolute atomic E-state index is 0.787. The van der Waals surface area contributed by atoms with Crippen LogP contribution in [0.2, 0.25) is 0 Å². The summed E-state index contributed by atoms with van der Waals surface area (Å²) in [5.74, 6) is -9.33. The average molecular weight is 262 g/mol. The monoisotopic (exact) mass is 262 g/mol. The number of halogens is 5. The fraction of sp³-hybridized carbons (Fsp3) is 0.714. The van der Waals surface area contributed by atoms with Gasteiger partial charge in [-0.2, -0.15) is 22.0 Å². The molecule has 17 heavy (non-hydrogen) atoms. The summed E-state index contributed by atoms with van der Waals surface area (Å²) in [5, 5.41) is 2.19. The molecule has 0 atom stereocenters. The Kier molecular flexibility index (Phi) is 3.04. The lowest BCUT2D eigenvalue weighted by molar-refractivity contribution is -0.250. The molecule has 1 heterocycles. The first kappa shape index (κ1) is 13.6. The SMILES string of the molecule is NC(=O)C(F)(F)C1(OC(=O)C(F)(F)F)CNC1. The molecular formula is C7H7F5N2O3. The lowest BCUT2D eigenvalue weighted by Gasteiger charge is -2.44. The Morgan fingerprint density at radius 3 is 1.88 bits per heavy atom. The summed E-state index contributed by atoms with van der Waals surface area (Å²) in [4.78, 5) is 20.9. The normalized spacial score (nSPS) is 19.4. The molecular weight excluding hydrogens is 255 g/mol. The van der Waals surface area contributed by atoms with E-state index in [1.165, 1.54) is 0 Å². The lowest BCUT2D eigenvalue weighted by Crippen LogP contribution is -2.74. The summed E-state index contributed by atoms with van der Waals surface area (Å²) in [6.45, 7) is -1.57. The molecule has 5 nitrogen and oxygen atoms in total. The Bertz CT molecular complexity index is 350. The number of esters is 1. The van der Waals surface area contributed by atoms with Gasteiger partial charge in [0.25, 0.3) is 5.91 Å². The Morgan fingerprint density at radius 1 is 1.18 bits per heavy atom. The minimum atomic E-state index is -5.42. The number of carbonyl (C=O) groups is 2. The molecule has 0 spiro atoms. The first-order chi connectivity index (χ1) is 7.53. The summed E-state index contributed by atoms with van der Waals surface area (Å²) >= 11 is 0. The number of hydrogen-bond acceptors (Lipinski definition) is 4. The van der Waals surface area contributed by atoms with E-state index in [0.717, 1.165) is 0 Å². The van der Waals surface area contributed by atoms with Crippen LogP contribution in [0.15, 0.2) is 0 Å². The largest absolute Gasteiger partial charge is 0.490 e. The number of ether oxygens (including phenoxy) is 1. The number of primary amides is 1. The van der Waals surface area contributed by atoms with Crippen LogP contribution < -0.4 is 11.1 Å². The second kappa shape index (κ2) is 3.79. The fourth-order valence-corrected chi connectivity index (χ4v) is 1.17. The molecule has 3 N–H and O–H groups in total. The van der Waals surface area contributed by atoms with Gasteiger partial charge in [-0.3, -0.25) is 4.79 Å². The van der Waals surface area contributed by atoms with Gasteiger partial charge >= 0.3 is 18.1 Å². The maximum Gasteiger partial charge on any atom is 0.490 e. The van der Waals surface area contributed by atoms with E-state index in [9.17, 15) is 31.5 Å². The predicted molar refractivity (Wildman–Crippen MR) is 41.9 cm³/mol. The Morgan fingerprint density at radius 2 is 1.65 bits per heavy atom. The lowest BCUT2D eigenvalue weighted by atomic mass is 9.88. The van der Waals surface area contributed by atoms with Crippen molar-refractivity contribution in [1.82, 2.24) is 5.32 Å². The molecule has 1 saturated heterocycles. The highest BCUT2D eigenvalue weighted by molar-refractivity contribution is 5.85. The van der Waals surface area contributed by atoms with Crippen LogP contribution in [0.3, 0.4) is 0 Å². The van der Waals surface area contributed by atoms with Crippen molar-refractivity contribution in [2.75, 3.05) is 13.1 Å². The molecule has 0 radical (unpaired) electrons. The van der Waals surface area contributed by atoms with Gasteiger partial charge in [-0.05, 0) is 0 Å². The van der Waals surface area contributed by atoms with Crippen LogP contribution in [-0.2, 0) is 14.3 Å². The third-order valence-corrected chi connectivity index (χ3v) is 2.22. The van der Waals surface area contributed by atoms with E-state index >= 15 is 0 Å². The van der Waals surface area contributed by atoms with E-state index in [2.05, 4.69) is 15.8 Å². The number of nitrogens with one attached hydrogen (secondary N) is 1. The summed E-state index contributed by atoms with van der Waals surface area (Å²) < 4.78 is 65.8. The van der Waals surface area contributed by atoms with Crippen LogP contribution in [0.1, 0.15) is 0 Å². The molecule has 0 saturated carbocycles. The molecule has 0 bridgehead atoms. The van der Waals surface area contributed by atoms with E-state index in [4.69, 9.17) is 0 Å². The molecule has 1 amide bonds. The van der Waals surface area contributed by atoms with Crippen molar-refractivity contribution in [3.8, 4) is 0 Å². The summed E-state index contributed by atoms with van der Waals surface area (Å²) in [6.07, 6.45) is -5.42. The number of carbonyl (C=O) groups excluding carboxylic acids is 2. The number of amides is 1. The number of rotatable bonds is 3. The summed E-state index contributed by atoms with van der Waals surface area (Å²) in [5.41, 5.74) is 1.49. The predicted octanol–water partition coefficient (Wildman–Crippen LogP) is -0.446. The fourth-order valence-electron chi connectivity index (χ4n) is 1.17. The highest BCUT2D eigenvalue weighted by Crippen LogP contribution is 2.37. The van der Waals surface area contributed by atoms with Gasteiger partial charge in [0.05, 0.1) is 0 Å². The Hall–Kier alpha value is -1.45. The molecule has 0 aromatic heterocycles. The maximum atomic E-state index is 13.2. The van der Waals surface area contributed by atoms with E-state index in [-0.39, 0.29) is 0 Å². The molecule has 1 aliphatic heterocycles. The summed E-state index contributed by atoms with van der Waals surface area (Å²) in [6, 6.07) is 0. The van der Waals surface area contributed by atoms with Crippen molar-refractivity contribution in [3.63, 3.8) is 0 Å². The highest BCUT2D eigenvalue weighted by atomic mass is 19.4. The van der Waals surface area contributed by atoms with Gasteiger partial charge in [0.15, 0.2) is 0 Å². The standard InChI is InChI=1S/C7H7F5N2O3/c8-6(9,3(13)15)5(1-14-2-5)17-4(16)7(10,11)12/h14H,1-2H2,(H2,13,15). The van der Waals surface area contributed by atoms with Gasteiger partial charge in [0.1, 0.15) is 0 Å². The van der Waals surface area contributed by atoms with Crippen molar-refractivity contribution >= 4 is 11.9 Å². The second-order valence-corrected chi connectivity index (χ2v) is 3.42. The van der Waals surface area contributed by atoms with Gasteiger partial charge in [-0.25, -0.2) is 4.79 Å². The van der Waals surface area contributed by atoms with Crippen LogP contribution in [0.4, 0.5) is 22.0 Å². The third-order valence-electron chi connectivity index (χ3n) is 2.22. The first-order valence-electron chi connectivity index (χ1n) is 4.21. The zero-order chi connectivity index (χ0) is 13.5. The van der Waals surface area contributed by atoms with E-state index < -0.39 is 42.7 Å². The van der Waals surface area contributed by atoms with Crippen LogP contribution >= 0.6 is 0 Å². The second-order valence-electron chi connectivity index (χ2n) is 3.42. The van der Waals surface area contributed by atoms with Crippen molar-refractivity contribution < 1.29 is 36.3 Å². The van der Waals surface area contributed by atoms with Crippen LogP contribution in [-0.4, -0.2) is 42.7 Å². The number of alkyl halides is 5. The Labute approximate surface area is 91.1 Å². The van der Waals surface area contributed by atoms with Gasteiger partial charge in [-0.15, -0.1) is 0 Å². The van der Waals surface area contributed by atoms with Crippen molar-refractivity contribution in [2.45, 2.75) is 17.7 Å². The topological polar surface area (TPSA) is 81.4 Å². The van der Waals surface area contributed by atoms with Gasteiger partial charge in [0, 0.05) is 13.1 Å². The van der Waals surface area contributed by atoms with E-state index in [1.807, 2.05) is 0 Å². The summed E-state index contributed by atoms with van der Waals surface area (Å²) in [7, 11) is 0. The van der Waals surface area contributed by atoms with Crippen LogP contribution in [0.25, 0.3) is 0 Å².